The number of anilines is 2. The highest BCUT2D eigenvalue weighted by Crippen LogP contribution is 2.33. The average molecular weight is 685 g/mol. The third-order valence-electron chi connectivity index (χ3n) is 8.13. The largest absolute Gasteiger partial charge is 0.361 e. The quantitative estimate of drug-likeness (QED) is 0.131. The maximum absolute atomic E-state index is 15.4. The van der Waals surface area contributed by atoms with Crippen molar-refractivity contribution in [1.82, 2.24) is 19.6 Å². The van der Waals surface area contributed by atoms with Crippen LogP contribution < -0.4 is 10.6 Å². The van der Waals surface area contributed by atoms with Crippen LogP contribution in [0, 0.1) is 5.82 Å². The molecule has 0 aliphatic carbocycles. The Morgan fingerprint density at radius 3 is 2.50 bits per heavy atom. The van der Waals surface area contributed by atoms with Gasteiger partial charge < -0.3 is 20.6 Å². The Kier molecular flexibility index (Phi) is 10.4. The highest BCUT2D eigenvalue weighted by Gasteiger charge is 2.37. The van der Waals surface area contributed by atoms with E-state index in [1.165, 1.54) is 27.5 Å². The van der Waals surface area contributed by atoms with Gasteiger partial charge in [-0.1, -0.05) is 41.9 Å². The normalized spacial score (nSPS) is 15.4. The number of aliphatic hydroxyl groups excluding tert-OH is 1. The molecule has 0 saturated carbocycles. The molecule has 48 heavy (non-hydrogen) atoms. The van der Waals surface area contributed by atoms with Crippen molar-refractivity contribution in [2.24, 2.45) is 0 Å². The third kappa shape index (κ3) is 7.80. The van der Waals surface area contributed by atoms with Gasteiger partial charge in [0, 0.05) is 53.2 Å². The van der Waals surface area contributed by atoms with Crippen LogP contribution in [0.4, 0.5) is 24.5 Å². The number of amides is 2. The van der Waals surface area contributed by atoms with Crippen LogP contribution in [0.3, 0.4) is 0 Å². The number of Topliss-reactive ketones (excluding diaryl/α,β-unsaturated/α-hetero) is 1. The van der Waals surface area contributed by atoms with Gasteiger partial charge >= 0.3 is 0 Å². The molecule has 0 bridgehead atoms. The standard InChI is InChI=1S/C34H36ClF3N6O4/c1-20(2)43(17-29(46)40-27-11-6-9-24(31(27)36)23-8-4-5-10-26(23)35)30(47)18-44-28-13-12-22(16-25(28)32(41-44)21(3)45)39-33(48)42-15-7-14-34(37,38)19-42/h4-6,8-13,16,20,33,39,48H,7,14-15,17-19H2,1-3H3,(H,40,46). The van der Waals surface area contributed by atoms with Gasteiger partial charge in [-0.25, -0.2) is 13.2 Å². The molecule has 2 amide bonds. The fraction of sp³-hybridized carbons (Fsp3) is 0.353. The molecule has 14 heteroatoms. The Labute approximate surface area is 280 Å². The number of nitrogens with one attached hydrogen (secondary N) is 2. The van der Waals surface area contributed by atoms with Crippen molar-refractivity contribution >= 4 is 51.5 Å². The zero-order valence-electron chi connectivity index (χ0n) is 26.6. The fourth-order valence-electron chi connectivity index (χ4n) is 5.73. The van der Waals surface area contributed by atoms with Crippen LogP contribution in [0.2, 0.25) is 5.02 Å². The lowest BCUT2D eigenvalue weighted by atomic mass is 10.0. The van der Waals surface area contributed by atoms with Crippen LogP contribution in [0.15, 0.2) is 60.7 Å². The SMILES string of the molecule is CC(=O)c1nn(CC(=O)N(CC(=O)Nc2cccc(-c3ccccc3Cl)c2F)C(C)C)c2ccc(NC(O)N3CCCC(F)(F)C3)cc12. The summed E-state index contributed by atoms with van der Waals surface area (Å²) in [7, 11) is 0. The number of benzene rings is 3. The molecule has 1 atom stereocenters. The van der Waals surface area contributed by atoms with Crippen molar-refractivity contribution in [2.75, 3.05) is 30.3 Å². The van der Waals surface area contributed by atoms with Gasteiger partial charge in [-0.3, -0.25) is 24.0 Å². The summed E-state index contributed by atoms with van der Waals surface area (Å²) in [5, 5.41) is 21.0. The van der Waals surface area contributed by atoms with Gasteiger partial charge in [0.05, 0.1) is 17.7 Å². The van der Waals surface area contributed by atoms with E-state index >= 15 is 4.39 Å². The van der Waals surface area contributed by atoms with E-state index < -0.39 is 42.5 Å². The van der Waals surface area contributed by atoms with Gasteiger partial charge in [0.2, 0.25) is 11.8 Å². The number of fused-ring (bicyclic) bond motifs is 1. The van der Waals surface area contributed by atoms with Crippen LogP contribution in [0.25, 0.3) is 22.0 Å². The van der Waals surface area contributed by atoms with Crippen molar-refractivity contribution < 1.29 is 32.7 Å². The maximum Gasteiger partial charge on any atom is 0.260 e. The van der Waals surface area contributed by atoms with Crippen LogP contribution in [-0.2, 0) is 16.1 Å². The first kappa shape index (κ1) is 34.9. The molecule has 1 saturated heterocycles. The van der Waals surface area contributed by atoms with Gasteiger partial charge in [-0.2, -0.15) is 5.10 Å². The van der Waals surface area contributed by atoms with E-state index in [1.807, 2.05) is 0 Å². The van der Waals surface area contributed by atoms with Gasteiger partial charge in [0.25, 0.3) is 5.92 Å². The Balaban J connectivity index is 1.31. The second-order valence-corrected chi connectivity index (χ2v) is 12.5. The summed E-state index contributed by atoms with van der Waals surface area (Å²) in [5.41, 5.74) is 1.48. The molecule has 1 aromatic heterocycles. The molecular weight excluding hydrogens is 649 g/mol. The van der Waals surface area contributed by atoms with Crippen molar-refractivity contribution in [2.45, 2.75) is 58.5 Å². The Bertz CT molecular complexity index is 1850. The lowest BCUT2D eigenvalue weighted by Gasteiger charge is -2.35. The number of carbonyl (C=O) groups is 3. The molecule has 1 aliphatic rings. The lowest BCUT2D eigenvalue weighted by Crippen LogP contribution is -2.50. The number of piperidine rings is 1. The average Bonchev–Trinajstić information content (AvgIpc) is 3.38. The van der Waals surface area contributed by atoms with Crippen LogP contribution in [-0.4, -0.2) is 80.2 Å². The minimum absolute atomic E-state index is 0.0683. The number of carbonyl (C=O) groups excluding carboxylic acids is 3. The summed E-state index contributed by atoms with van der Waals surface area (Å²) in [5.74, 6) is -5.04. The summed E-state index contributed by atoms with van der Waals surface area (Å²) in [6, 6.07) is 15.6. The number of likely N-dealkylation sites (tertiary alicyclic amines) is 1. The smallest absolute Gasteiger partial charge is 0.260 e. The van der Waals surface area contributed by atoms with Gasteiger partial charge in [-0.15, -0.1) is 0 Å². The number of rotatable bonds is 11. The number of hydrogen-bond acceptors (Lipinski definition) is 7. The molecule has 2 heterocycles. The summed E-state index contributed by atoms with van der Waals surface area (Å²) in [4.78, 5) is 41.7. The fourth-order valence-corrected chi connectivity index (χ4v) is 5.97. The number of aromatic nitrogens is 2. The molecule has 0 radical (unpaired) electrons. The molecule has 1 aliphatic heterocycles. The van der Waals surface area contributed by atoms with Crippen LogP contribution in [0.5, 0.6) is 0 Å². The van der Waals surface area contributed by atoms with Crippen LogP contribution in [0.1, 0.15) is 44.1 Å². The van der Waals surface area contributed by atoms with E-state index in [-0.39, 0.29) is 48.7 Å². The first-order chi connectivity index (χ1) is 22.7. The van der Waals surface area contributed by atoms with E-state index in [1.54, 1.807) is 68.4 Å². The Hall–Kier alpha value is -4.46. The number of aliphatic hydroxyl groups is 1. The maximum atomic E-state index is 15.4. The molecule has 1 unspecified atom stereocenters. The van der Waals surface area contributed by atoms with Crippen molar-refractivity contribution in [3.8, 4) is 11.1 Å². The van der Waals surface area contributed by atoms with E-state index in [0.29, 0.717) is 33.7 Å². The summed E-state index contributed by atoms with van der Waals surface area (Å²) in [6.07, 6.45) is -1.38. The molecule has 0 spiro atoms. The first-order valence-electron chi connectivity index (χ1n) is 15.4. The lowest BCUT2D eigenvalue weighted by molar-refractivity contribution is -0.137. The molecule has 3 aromatic carbocycles. The number of hydrogen-bond donors (Lipinski definition) is 3. The predicted octanol–water partition coefficient (Wildman–Crippen LogP) is 5.99. The molecule has 1 fully saturated rings. The van der Waals surface area contributed by atoms with E-state index in [2.05, 4.69) is 15.7 Å². The topological polar surface area (TPSA) is 120 Å². The second kappa shape index (κ2) is 14.3. The molecule has 3 N–H and O–H groups in total. The Morgan fingerprint density at radius 1 is 1.08 bits per heavy atom. The zero-order valence-corrected chi connectivity index (χ0v) is 27.4. The monoisotopic (exact) mass is 684 g/mol. The van der Waals surface area contributed by atoms with E-state index in [4.69, 9.17) is 11.6 Å². The molecule has 4 aromatic rings. The highest BCUT2D eigenvalue weighted by molar-refractivity contribution is 6.33. The highest BCUT2D eigenvalue weighted by atomic mass is 35.5. The molecule has 10 nitrogen and oxygen atoms in total. The number of halogens is 4. The number of nitrogens with zero attached hydrogens (tertiary/aromatic N) is 4. The van der Waals surface area contributed by atoms with Crippen molar-refractivity contribution in [1.29, 1.82) is 0 Å². The van der Waals surface area contributed by atoms with Gasteiger partial charge in [0.1, 0.15) is 18.8 Å². The molecule has 5 rings (SSSR count). The number of alkyl halides is 2. The minimum Gasteiger partial charge on any atom is -0.361 e. The minimum atomic E-state index is -2.90. The number of ketones is 1. The van der Waals surface area contributed by atoms with Crippen LogP contribution >= 0.6 is 11.6 Å². The zero-order chi connectivity index (χ0) is 34.7. The second-order valence-electron chi connectivity index (χ2n) is 12.1. The molecular formula is C34H36ClF3N6O4. The summed E-state index contributed by atoms with van der Waals surface area (Å²) < 4.78 is 44.6. The molecule has 254 valence electrons. The van der Waals surface area contributed by atoms with Gasteiger partial charge in [0.15, 0.2) is 18.0 Å². The Morgan fingerprint density at radius 2 is 1.81 bits per heavy atom. The van der Waals surface area contributed by atoms with E-state index in [9.17, 15) is 28.3 Å². The summed E-state index contributed by atoms with van der Waals surface area (Å²) in [6.45, 7) is 3.79. The van der Waals surface area contributed by atoms with Crippen molar-refractivity contribution in [3.63, 3.8) is 0 Å². The van der Waals surface area contributed by atoms with E-state index in [0.717, 1.165) is 0 Å². The first-order valence-corrected chi connectivity index (χ1v) is 15.8. The third-order valence-corrected chi connectivity index (χ3v) is 8.46. The van der Waals surface area contributed by atoms with Crippen molar-refractivity contribution in [3.05, 3.63) is 77.2 Å². The summed E-state index contributed by atoms with van der Waals surface area (Å²) >= 11 is 6.25. The predicted molar refractivity (Wildman–Crippen MR) is 177 cm³/mol. The van der Waals surface area contributed by atoms with Gasteiger partial charge in [-0.05, 0) is 50.6 Å².